The fraction of sp³-hybridized carbons (Fsp3) is 0.607. The van der Waals surface area contributed by atoms with Crippen LogP contribution in [0.25, 0.3) is 10.8 Å². The molecule has 0 amide bonds. The third-order valence-electron chi connectivity index (χ3n) is 7.47. The van der Waals surface area contributed by atoms with E-state index < -0.39 is 0 Å². The molecule has 0 unspecified atom stereocenters. The highest BCUT2D eigenvalue weighted by Crippen LogP contribution is 2.34. The first-order valence-electron chi connectivity index (χ1n) is 12.6. The van der Waals surface area contributed by atoms with Crippen molar-refractivity contribution >= 4 is 16.7 Å². The minimum absolute atomic E-state index is 0.0249. The minimum Gasteiger partial charge on any atom is -0.490 e. The van der Waals surface area contributed by atoms with Crippen LogP contribution < -0.4 is 4.74 Å². The number of likely N-dealkylation sites (tertiary alicyclic amines) is 1. The van der Waals surface area contributed by atoms with Crippen LogP contribution in [-0.2, 0) is 16.1 Å². The van der Waals surface area contributed by atoms with E-state index in [-0.39, 0.29) is 11.9 Å². The number of fused-ring (bicyclic) bond motifs is 1. The second-order valence-corrected chi connectivity index (χ2v) is 10.0. The summed E-state index contributed by atoms with van der Waals surface area (Å²) in [6.07, 6.45) is 7.02. The predicted octanol–water partition coefficient (Wildman–Crippen LogP) is 6.21. The third-order valence-corrected chi connectivity index (χ3v) is 7.47. The lowest BCUT2D eigenvalue weighted by molar-refractivity contribution is -0.149. The van der Waals surface area contributed by atoms with Crippen molar-refractivity contribution in [2.45, 2.75) is 71.9 Å². The topological polar surface area (TPSA) is 38.8 Å². The maximum atomic E-state index is 12.0. The van der Waals surface area contributed by atoms with Crippen LogP contribution in [0.3, 0.4) is 0 Å². The summed E-state index contributed by atoms with van der Waals surface area (Å²) in [7, 11) is 0. The Labute approximate surface area is 193 Å². The van der Waals surface area contributed by atoms with E-state index in [0.29, 0.717) is 12.7 Å². The second-order valence-electron chi connectivity index (χ2n) is 10.0. The first-order chi connectivity index (χ1) is 15.5. The van der Waals surface area contributed by atoms with E-state index in [1.807, 2.05) is 6.92 Å². The summed E-state index contributed by atoms with van der Waals surface area (Å²) in [5.74, 6) is 2.70. The van der Waals surface area contributed by atoms with Crippen molar-refractivity contribution in [3.05, 3.63) is 42.0 Å². The van der Waals surface area contributed by atoms with Crippen LogP contribution in [0.15, 0.2) is 36.4 Å². The Kier molecular flexibility index (Phi) is 7.72. The van der Waals surface area contributed by atoms with E-state index in [1.54, 1.807) is 0 Å². The van der Waals surface area contributed by atoms with Gasteiger partial charge in [0.05, 0.1) is 18.6 Å². The first kappa shape index (κ1) is 23.1. The Balaban J connectivity index is 1.36. The van der Waals surface area contributed by atoms with Crippen molar-refractivity contribution in [3.8, 4) is 5.75 Å². The number of carbonyl (C=O) groups is 1. The van der Waals surface area contributed by atoms with Crippen molar-refractivity contribution in [2.24, 2.45) is 17.8 Å². The van der Waals surface area contributed by atoms with Crippen LogP contribution >= 0.6 is 0 Å². The van der Waals surface area contributed by atoms with Gasteiger partial charge in [-0.05, 0) is 93.5 Å². The Morgan fingerprint density at radius 3 is 2.47 bits per heavy atom. The average molecular weight is 438 g/mol. The van der Waals surface area contributed by atoms with E-state index in [9.17, 15) is 4.79 Å². The van der Waals surface area contributed by atoms with Crippen LogP contribution in [0.2, 0.25) is 0 Å². The fourth-order valence-electron chi connectivity index (χ4n) is 5.40. The van der Waals surface area contributed by atoms with E-state index in [1.165, 1.54) is 42.0 Å². The minimum atomic E-state index is -0.0249. The quantitative estimate of drug-likeness (QED) is 0.483. The van der Waals surface area contributed by atoms with Gasteiger partial charge < -0.3 is 9.47 Å². The summed E-state index contributed by atoms with van der Waals surface area (Å²) in [6.45, 7) is 9.86. The lowest BCUT2D eigenvalue weighted by Crippen LogP contribution is -2.36. The van der Waals surface area contributed by atoms with E-state index in [0.717, 1.165) is 50.1 Å². The lowest BCUT2D eigenvalue weighted by Gasteiger charge is -2.31. The van der Waals surface area contributed by atoms with Crippen molar-refractivity contribution in [3.63, 3.8) is 0 Å². The molecular weight excluding hydrogens is 398 g/mol. The molecule has 0 radical (unpaired) electrons. The molecule has 4 rings (SSSR count). The maximum absolute atomic E-state index is 12.0. The van der Waals surface area contributed by atoms with Gasteiger partial charge in [-0.15, -0.1) is 0 Å². The van der Waals surface area contributed by atoms with Gasteiger partial charge in [-0.3, -0.25) is 9.69 Å². The van der Waals surface area contributed by atoms with Gasteiger partial charge in [0.25, 0.3) is 0 Å². The number of ether oxygens (including phenoxy) is 2. The molecule has 2 aromatic rings. The van der Waals surface area contributed by atoms with Gasteiger partial charge in [0.1, 0.15) is 5.75 Å². The molecule has 1 saturated carbocycles. The maximum Gasteiger partial charge on any atom is 0.309 e. The van der Waals surface area contributed by atoms with E-state index >= 15 is 0 Å². The first-order valence-corrected chi connectivity index (χ1v) is 12.6. The van der Waals surface area contributed by atoms with Gasteiger partial charge in [-0.2, -0.15) is 0 Å². The Morgan fingerprint density at radius 2 is 1.78 bits per heavy atom. The summed E-state index contributed by atoms with van der Waals surface area (Å²) in [5.41, 5.74) is 1.32. The Hall–Kier alpha value is -2.07. The number of benzene rings is 2. The number of hydrogen-bond donors (Lipinski definition) is 0. The zero-order chi connectivity index (χ0) is 22.5. The molecule has 32 heavy (non-hydrogen) atoms. The molecule has 1 aliphatic carbocycles. The Morgan fingerprint density at radius 1 is 1.03 bits per heavy atom. The van der Waals surface area contributed by atoms with Crippen LogP contribution in [0, 0.1) is 17.8 Å². The number of nitrogens with zero attached hydrogens (tertiary/aromatic N) is 1. The van der Waals surface area contributed by atoms with Crippen LogP contribution in [0.4, 0.5) is 0 Å². The highest BCUT2D eigenvalue weighted by Gasteiger charge is 2.26. The molecule has 0 aromatic heterocycles. The van der Waals surface area contributed by atoms with Crippen molar-refractivity contribution in [1.29, 1.82) is 0 Å². The molecular formula is C28H39NO3. The van der Waals surface area contributed by atoms with E-state index in [4.69, 9.17) is 9.47 Å². The molecule has 1 heterocycles. The molecule has 1 aliphatic heterocycles. The molecule has 174 valence electrons. The summed E-state index contributed by atoms with van der Waals surface area (Å²) >= 11 is 0. The van der Waals surface area contributed by atoms with Crippen molar-refractivity contribution < 1.29 is 14.3 Å². The standard InChI is InChI=1S/C28H39NO3/c1-4-31-28(30)23-14-16-29(17-15-23)19-21-8-13-26-24(18-21)6-5-7-27(26)32-25-11-9-22(10-12-25)20(2)3/h5-8,13,18,20,22-23,25H,4,9-12,14-17,19H2,1-3H3/t22-,25-. The molecule has 4 heteroatoms. The SMILES string of the molecule is CCOC(=O)C1CCN(Cc2ccc3c(O[C@H]4CC[C@H](C(C)C)CC4)cccc3c2)CC1. The average Bonchev–Trinajstić information content (AvgIpc) is 2.80. The van der Waals surface area contributed by atoms with Gasteiger partial charge in [-0.1, -0.05) is 38.1 Å². The predicted molar refractivity (Wildman–Crippen MR) is 130 cm³/mol. The second kappa shape index (κ2) is 10.7. The van der Waals surface area contributed by atoms with Crippen molar-refractivity contribution in [2.75, 3.05) is 19.7 Å². The largest absolute Gasteiger partial charge is 0.490 e. The van der Waals surface area contributed by atoms with Crippen molar-refractivity contribution in [1.82, 2.24) is 4.90 Å². The fourth-order valence-corrected chi connectivity index (χ4v) is 5.40. The summed E-state index contributed by atoms with van der Waals surface area (Å²) < 4.78 is 11.7. The van der Waals surface area contributed by atoms with Gasteiger partial charge in [-0.25, -0.2) is 0 Å². The van der Waals surface area contributed by atoms with Gasteiger partial charge in [0, 0.05) is 11.9 Å². The van der Waals surface area contributed by atoms with Crippen LogP contribution in [0.5, 0.6) is 5.75 Å². The molecule has 1 saturated heterocycles. The summed E-state index contributed by atoms with van der Waals surface area (Å²) in [6, 6.07) is 13.2. The molecule has 0 N–H and O–H groups in total. The molecule has 0 atom stereocenters. The van der Waals surface area contributed by atoms with E-state index in [2.05, 4.69) is 55.1 Å². The molecule has 2 aliphatic rings. The lowest BCUT2D eigenvalue weighted by atomic mass is 9.80. The molecule has 2 aromatic carbocycles. The molecule has 0 bridgehead atoms. The zero-order valence-electron chi connectivity index (χ0n) is 20.0. The third kappa shape index (κ3) is 5.64. The number of rotatable bonds is 7. The number of piperidine rings is 1. The Bertz CT molecular complexity index is 893. The smallest absolute Gasteiger partial charge is 0.309 e. The summed E-state index contributed by atoms with van der Waals surface area (Å²) in [5, 5.41) is 2.46. The monoisotopic (exact) mass is 437 g/mol. The number of hydrogen-bond acceptors (Lipinski definition) is 4. The highest BCUT2D eigenvalue weighted by molar-refractivity contribution is 5.88. The van der Waals surface area contributed by atoms with Gasteiger partial charge in [0.15, 0.2) is 0 Å². The molecule has 0 spiro atoms. The zero-order valence-corrected chi connectivity index (χ0v) is 20.0. The molecule has 2 fully saturated rings. The van der Waals surface area contributed by atoms with Gasteiger partial charge in [0.2, 0.25) is 0 Å². The normalized spacial score (nSPS) is 22.9. The highest BCUT2D eigenvalue weighted by atomic mass is 16.5. The molecule has 4 nitrogen and oxygen atoms in total. The number of esters is 1. The summed E-state index contributed by atoms with van der Waals surface area (Å²) in [4.78, 5) is 14.4. The number of carbonyl (C=O) groups excluding carboxylic acids is 1. The van der Waals surface area contributed by atoms with Crippen LogP contribution in [-0.4, -0.2) is 36.7 Å². The van der Waals surface area contributed by atoms with Gasteiger partial charge >= 0.3 is 5.97 Å². The van der Waals surface area contributed by atoms with Crippen LogP contribution in [0.1, 0.15) is 64.9 Å².